The van der Waals surface area contributed by atoms with Gasteiger partial charge in [-0.25, -0.2) is 0 Å². The largest absolute Gasteiger partial charge is 0.379 e. The summed E-state index contributed by atoms with van der Waals surface area (Å²) in [5.74, 6) is -0.276. The predicted octanol–water partition coefficient (Wildman–Crippen LogP) is 0.351. The van der Waals surface area contributed by atoms with E-state index < -0.39 is 10.1 Å². The highest BCUT2D eigenvalue weighted by molar-refractivity contribution is 7.85. The van der Waals surface area contributed by atoms with Gasteiger partial charge in [0.2, 0.25) is 0 Å². The fraction of sp³-hybridized carbons (Fsp3) is 1.00. The molecule has 0 bridgehead atoms. The Kier molecular flexibility index (Phi) is 12.6. The minimum atomic E-state index is -3.88. The Labute approximate surface area is 114 Å². The lowest BCUT2D eigenvalue weighted by molar-refractivity contribution is -0.000355. The van der Waals surface area contributed by atoms with Gasteiger partial charge < -0.3 is 18.9 Å². The molecule has 0 rings (SSSR count). The van der Waals surface area contributed by atoms with Crippen LogP contribution in [0.25, 0.3) is 0 Å². The van der Waals surface area contributed by atoms with Gasteiger partial charge in [0.1, 0.15) is 0 Å². The summed E-state index contributed by atoms with van der Waals surface area (Å²) in [5.41, 5.74) is 0. The molecule has 0 saturated heterocycles. The van der Waals surface area contributed by atoms with Gasteiger partial charge in [0.05, 0.1) is 45.4 Å². The minimum Gasteiger partial charge on any atom is -0.379 e. The third-order valence-corrected chi connectivity index (χ3v) is 2.82. The molecule has 19 heavy (non-hydrogen) atoms. The Morgan fingerprint density at radius 1 is 0.789 bits per heavy atom. The molecule has 116 valence electrons. The van der Waals surface area contributed by atoms with Crippen LogP contribution in [0.1, 0.15) is 13.3 Å². The zero-order valence-electron chi connectivity index (χ0n) is 11.4. The van der Waals surface area contributed by atoms with Crippen molar-refractivity contribution < 1.29 is 31.9 Å². The molecule has 0 atom stereocenters. The highest BCUT2D eigenvalue weighted by Gasteiger charge is 2.02. The molecule has 0 saturated carbocycles. The average molecular weight is 300 g/mol. The summed E-state index contributed by atoms with van der Waals surface area (Å²) in [6.45, 7) is 5.88. The lowest BCUT2D eigenvalue weighted by atomic mass is 10.5. The standard InChI is InChI=1S/C11H24O7S/c1-2-15-5-6-17-9-10-18-8-7-16-4-3-11-19(12,13)14/h2-11H2,1H3,(H,12,13,14). The normalized spacial score (nSPS) is 11.9. The highest BCUT2D eigenvalue weighted by atomic mass is 32.2. The van der Waals surface area contributed by atoms with E-state index in [2.05, 4.69) is 0 Å². The first kappa shape index (κ1) is 18.8. The van der Waals surface area contributed by atoms with Crippen molar-refractivity contribution in [2.45, 2.75) is 13.3 Å². The molecule has 0 aliphatic rings. The lowest BCUT2D eigenvalue weighted by Crippen LogP contribution is -2.13. The van der Waals surface area contributed by atoms with Gasteiger partial charge in [0, 0.05) is 13.2 Å². The van der Waals surface area contributed by atoms with Crippen molar-refractivity contribution in [1.29, 1.82) is 0 Å². The van der Waals surface area contributed by atoms with E-state index in [1.807, 2.05) is 6.92 Å². The molecule has 0 aliphatic carbocycles. The average Bonchev–Trinajstić information content (AvgIpc) is 2.34. The summed E-state index contributed by atoms with van der Waals surface area (Å²) in [6, 6.07) is 0. The fourth-order valence-electron chi connectivity index (χ4n) is 1.15. The van der Waals surface area contributed by atoms with Gasteiger partial charge in [0.15, 0.2) is 0 Å². The van der Waals surface area contributed by atoms with E-state index in [-0.39, 0.29) is 18.8 Å². The smallest absolute Gasteiger partial charge is 0.264 e. The van der Waals surface area contributed by atoms with Crippen LogP contribution in [0.15, 0.2) is 0 Å². The molecule has 0 unspecified atom stereocenters. The first-order chi connectivity index (χ1) is 9.06. The molecule has 0 aliphatic heterocycles. The number of ether oxygens (including phenoxy) is 4. The van der Waals surface area contributed by atoms with Gasteiger partial charge in [-0.2, -0.15) is 8.42 Å². The quantitative estimate of drug-likeness (QED) is 0.365. The number of hydrogen-bond donors (Lipinski definition) is 1. The maximum Gasteiger partial charge on any atom is 0.264 e. The van der Waals surface area contributed by atoms with Crippen molar-refractivity contribution in [1.82, 2.24) is 0 Å². The molecule has 8 heteroatoms. The van der Waals surface area contributed by atoms with Crippen molar-refractivity contribution >= 4 is 10.1 Å². The molecule has 0 amide bonds. The third-order valence-electron chi connectivity index (χ3n) is 2.01. The Morgan fingerprint density at radius 3 is 1.63 bits per heavy atom. The van der Waals surface area contributed by atoms with E-state index in [0.29, 0.717) is 46.2 Å². The van der Waals surface area contributed by atoms with Gasteiger partial charge in [-0.15, -0.1) is 0 Å². The van der Waals surface area contributed by atoms with Crippen LogP contribution in [0.3, 0.4) is 0 Å². The second-order valence-electron chi connectivity index (χ2n) is 3.67. The van der Waals surface area contributed by atoms with E-state index in [9.17, 15) is 8.42 Å². The second kappa shape index (κ2) is 12.8. The molecular weight excluding hydrogens is 276 g/mol. The first-order valence-corrected chi connectivity index (χ1v) is 7.93. The van der Waals surface area contributed by atoms with Gasteiger partial charge in [-0.05, 0) is 13.3 Å². The van der Waals surface area contributed by atoms with Gasteiger partial charge in [-0.3, -0.25) is 4.55 Å². The first-order valence-electron chi connectivity index (χ1n) is 6.32. The van der Waals surface area contributed by atoms with Crippen molar-refractivity contribution in [3.8, 4) is 0 Å². The summed E-state index contributed by atoms with van der Waals surface area (Å²) in [7, 11) is -3.88. The van der Waals surface area contributed by atoms with E-state index in [0.717, 1.165) is 0 Å². The van der Waals surface area contributed by atoms with Crippen LogP contribution in [0.5, 0.6) is 0 Å². The maximum atomic E-state index is 10.4. The van der Waals surface area contributed by atoms with Gasteiger partial charge in [0.25, 0.3) is 10.1 Å². The van der Waals surface area contributed by atoms with Crippen molar-refractivity contribution in [3.63, 3.8) is 0 Å². The number of rotatable bonds is 14. The Balaban J connectivity index is 3.03. The van der Waals surface area contributed by atoms with Crippen LogP contribution in [-0.4, -0.2) is 71.6 Å². The molecule has 0 aromatic carbocycles. The minimum absolute atomic E-state index is 0.276. The SMILES string of the molecule is CCOCCOCCOCCOCCCS(=O)(=O)O. The monoisotopic (exact) mass is 300 g/mol. The Bertz CT molecular complexity index is 279. The highest BCUT2D eigenvalue weighted by Crippen LogP contribution is 1.90. The summed E-state index contributed by atoms with van der Waals surface area (Å²) in [4.78, 5) is 0. The molecule has 7 nitrogen and oxygen atoms in total. The van der Waals surface area contributed by atoms with Crippen molar-refractivity contribution in [2.24, 2.45) is 0 Å². The van der Waals surface area contributed by atoms with Crippen LogP contribution < -0.4 is 0 Å². The van der Waals surface area contributed by atoms with Crippen LogP contribution in [-0.2, 0) is 29.1 Å². The Morgan fingerprint density at radius 2 is 1.21 bits per heavy atom. The molecular formula is C11H24O7S. The molecule has 0 heterocycles. The number of hydrogen-bond acceptors (Lipinski definition) is 6. The molecule has 0 radical (unpaired) electrons. The molecule has 0 fully saturated rings. The molecule has 1 N–H and O–H groups in total. The summed E-state index contributed by atoms with van der Waals surface area (Å²) >= 11 is 0. The van der Waals surface area contributed by atoms with Gasteiger partial charge >= 0.3 is 0 Å². The van der Waals surface area contributed by atoms with E-state index in [1.54, 1.807) is 0 Å². The van der Waals surface area contributed by atoms with Crippen LogP contribution in [0.4, 0.5) is 0 Å². The zero-order chi connectivity index (χ0) is 14.4. The fourth-order valence-corrected chi connectivity index (χ4v) is 1.63. The molecule has 0 aromatic heterocycles. The van der Waals surface area contributed by atoms with E-state index >= 15 is 0 Å². The maximum absolute atomic E-state index is 10.4. The van der Waals surface area contributed by atoms with E-state index in [1.165, 1.54) is 0 Å². The van der Waals surface area contributed by atoms with Crippen LogP contribution in [0.2, 0.25) is 0 Å². The third kappa shape index (κ3) is 17.8. The zero-order valence-corrected chi connectivity index (χ0v) is 12.2. The molecule has 0 spiro atoms. The molecule has 0 aromatic rings. The topological polar surface area (TPSA) is 91.3 Å². The van der Waals surface area contributed by atoms with Crippen LogP contribution >= 0.6 is 0 Å². The predicted molar refractivity (Wildman–Crippen MR) is 70.0 cm³/mol. The summed E-state index contributed by atoms with van der Waals surface area (Å²) in [6.07, 6.45) is 0.277. The van der Waals surface area contributed by atoms with Crippen molar-refractivity contribution in [3.05, 3.63) is 0 Å². The van der Waals surface area contributed by atoms with E-state index in [4.69, 9.17) is 23.5 Å². The second-order valence-corrected chi connectivity index (χ2v) is 5.25. The Hall–Kier alpha value is -0.250. The summed E-state index contributed by atoms with van der Waals surface area (Å²) in [5, 5.41) is 0. The summed E-state index contributed by atoms with van der Waals surface area (Å²) < 4.78 is 49.9. The van der Waals surface area contributed by atoms with Crippen molar-refractivity contribution in [2.75, 3.05) is 58.6 Å². The van der Waals surface area contributed by atoms with Crippen LogP contribution in [0, 0.1) is 0 Å². The lowest BCUT2D eigenvalue weighted by Gasteiger charge is -2.06. The van der Waals surface area contributed by atoms with Gasteiger partial charge in [-0.1, -0.05) is 0 Å².